The molecule has 1 atom stereocenters. The summed E-state index contributed by atoms with van der Waals surface area (Å²) in [5.41, 5.74) is -0.0708. The van der Waals surface area contributed by atoms with Crippen molar-refractivity contribution >= 4 is 0 Å². The molecule has 0 aliphatic heterocycles. The van der Waals surface area contributed by atoms with Gasteiger partial charge in [0.05, 0.1) is 5.56 Å². The van der Waals surface area contributed by atoms with Crippen LogP contribution in [0.1, 0.15) is 23.0 Å². The van der Waals surface area contributed by atoms with E-state index in [9.17, 15) is 13.2 Å². The second-order valence-electron chi connectivity index (χ2n) is 4.47. The largest absolute Gasteiger partial charge is 0.416 e. The highest BCUT2D eigenvalue weighted by molar-refractivity contribution is 5.28. The number of alkyl halides is 3. The first-order valence-corrected chi connectivity index (χ1v) is 6.09. The van der Waals surface area contributed by atoms with Gasteiger partial charge in [0, 0.05) is 19.5 Å². The van der Waals surface area contributed by atoms with Gasteiger partial charge >= 0.3 is 6.18 Å². The number of rotatable bonds is 4. The predicted octanol–water partition coefficient (Wildman–Crippen LogP) is 2.34. The quantitative estimate of drug-likeness (QED) is 0.937. The third-order valence-corrected chi connectivity index (χ3v) is 3.16. The molecule has 0 bridgehead atoms. The summed E-state index contributed by atoms with van der Waals surface area (Å²) in [5.74, 6) is 0.710. The fourth-order valence-electron chi connectivity index (χ4n) is 2.01. The molecule has 2 rings (SSSR count). The van der Waals surface area contributed by atoms with E-state index in [0.29, 0.717) is 17.8 Å². The van der Waals surface area contributed by atoms with Crippen LogP contribution < -0.4 is 5.32 Å². The van der Waals surface area contributed by atoms with Crippen LogP contribution >= 0.6 is 0 Å². The standard InChI is InChI=1S/C13H15F3N4/c1-17-11(7-12-18-8-19-20(12)2)9-4-3-5-10(6-9)13(14,15)16/h3-6,8,11,17H,7H2,1-2H3. The SMILES string of the molecule is CNC(Cc1ncnn1C)c1cccc(C(F)(F)F)c1. The van der Waals surface area contributed by atoms with Crippen molar-refractivity contribution in [1.29, 1.82) is 0 Å². The number of halogens is 3. The molecule has 1 unspecified atom stereocenters. The van der Waals surface area contributed by atoms with Gasteiger partial charge < -0.3 is 5.32 Å². The van der Waals surface area contributed by atoms with Crippen molar-refractivity contribution < 1.29 is 13.2 Å². The lowest BCUT2D eigenvalue weighted by atomic mass is 10.0. The molecule has 7 heteroatoms. The number of benzene rings is 1. The zero-order valence-corrected chi connectivity index (χ0v) is 11.1. The van der Waals surface area contributed by atoms with Gasteiger partial charge in [0.25, 0.3) is 0 Å². The molecule has 0 saturated carbocycles. The van der Waals surface area contributed by atoms with E-state index in [-0.39, 0.29) is 6.04 Å². The number of hydrogen-bond donors (Lipinski definition) is 1. The van der Waals surface area contributed by atoms with Crippen molar-refractivity contribution in [2.45, 2.75) is 18.6 Å². The maximum absolute atomic E-state index is 12.7. The monoisotopic (exact) mass is 284 g/mol. The van der Waals surface area contributed by atoms with E-state index in [1.54, 1.807) is 24.8 Å². The van der Waals surface area contributed by atoms with Gasteiger partial charge in [0.1, 0.15) is 12.2 Å². The van der Waals surface area contributed by atoms with Gasteiger partial charge in [-0.15, -0.1) is 0 Å². The average molecular weight is 284 g/mol. The molecule has 1 aromatic heterocycles. The Morgan fingerprint density at radius 3 is 2.65 bits per heavy atom. The van der Waals surface area contributed by atoms with E-state index in [1.165, 1.54) is 12.4 Å². The Hall–Kier alpha value is -1.89. The molecule has 0 fully saturated rings. The third-order valence-electron chi connectivity index (χ3n) is 3.16. The lowest BCUT2D eigenvalue weighted by Crippen LogP contribution is -2.21. The molecular formula is C13H15F3N4. The van der Waals surface area contributed by atoms with Crippen molar-refractivity contribution in [2.24, 2.45) is 7.05 Å². The fraction of sp³-hybridized carbons (Fsp3) is 0.385. The minimum Gasteiger partial charge on any atom is -0.313 e. The zero-order chi connectivity index (χ0) is 14.8. The Kier molecular flexibility index (Phi) is 4.08. The van der Waals surface area contributed by atoms with Gasteiger partial charge in [0.2, 0.25) is 0 Å². The first-order chi connectivity index (χ1) is 9.41. The average Bonchev–Trinajstić information content (AvgIpc) is 2.80. The normalized spacial score (nSPS) is 13.4. The molecular weight excluding hydrogens is 269 g/mol. The smallest absolute Gasteiger partial charge is 0.313 e. The molecule has 108 valence electrons. The number of likely N-dealkylation sites (N-methyl/N-ethyl adjacent to an activating group) is 1. The summed E-state index contributed by atoms with van der Waals surface area (Å²) < 4.78 is 39.8. The Balaban J connectivity index is 2.26. The summed E-state index contributed by atoms with van der Waals surface area (Å²) >= 11 is 0. The first-order valence-electron chi connectivity index (χ1n) is 6.09. The lowest BCUT2D eigenvalue weighted by molar-refractivity contribution is -0.137. The highest BCUT2D eigenvalue weighted by Gasteiger charge is 2.31. The summed E-state index contributed by atoms with van der Waals surface area (Å²) in [7, 11) is 3.46. The molecule has 0 aliphatic rings. The Labute approximate surface area is 114 Å². The van der Waals surface area contributed by atoms with E-state index in [2.05, 4.69) is 15.4 Å². The van der Waals surface area contributed by atoms with Crippen LogP contribution in [-0.4, -0.2) is 21.8 Å². The van der Waals surface area contributed by atoms with Crippen molar-refractivity contribution in [2.75, 3.05) is 7.05 Å². The maximum atomic E-state index is 12.7. The topological polar surface area (TPSA) is 42.7 Å². The van der Waals surface area contributed by atoms with Crippen LogP contribution in [-0.2, 0) is 19.6 Å². The molecule has 1 heterocycles. The maximum Gasteiger partial charge on any atom is 0.416 e. The summed E-state index contributed by atoms with van der Waals surface area (Å²) in [5, 5.41) is 6.97. The van der Waals surface area contributed by atoms with E-state index in [4.69, 9.17) is 0 Å². The van der Waals surface area contributed by atoms with Crippen LogP contribution in [0.5, 0.6) is 0 Å². The predicted molar refractivity (Wildman–Crippen MR) is 68.0 cm³/mol. The zero-order valence-electron chi connectivity index (χ0n) is 11.1. The van der Waals surface area contributed by atoms with E-state index >= 15 is 0 Å². The molecule has 4 nitrogen and oxygen atoms in total. The summed E-state index contributed by atoms with van der Waals surface area (Å²) in [6.45, 7) is 0. The van der Waals surface area contributed by atoms with Crippen LogP contribution in [0.25, 0.3) is 0 Å². The molecule has 0 amide bonds. The number of aromatic nitrogens is 3. The molecule has 0 aliphatic carbocycles. The summed E-state index contributed by atoms with van der Waals surface area (Å²) in [6.07, 6.45) is -2.44. The third kappa shape index (κ3) is 3.16. The Morgan fingerprint density at radius 1 is 1.35 bits per heavy atom. The van der Waals surface area contributed by atoms with Crippen molar-refractivity contribution in [1.82, 2.24) is 20.1 Å². The minimum absolute atomic E-state index is 0.250. The van der Waals surface area contributed by atoms with Gasteiger partial charge in [-0.1, -0.05) is 12.1 Å². The highest BCUT2D eigenvalue weighted by atomic mass is 19.4. The van der Waals surface area contributed by atoms with Gasteiger partial charge in [-0.2, -0.15) is 18.3 Å². The van der Waals surface area contributed by atoms with Gasteiger partial charge in [-0.3, -0.25) is 4.68 Å². The molecule has 0 saturated heterocycles. The number of aryl methyl sites for hydroxylation is 1. The molecule has 0 radical (unpaired) electrons. The second kappa shape index (κ2) is 5.62. The van der Waals surface area contributed by atoms with Gasteiger partial charge in [-0.25, -0.2) is 4.98 Å². The van der Waals surface area contributed by atoms with Gasteiger partial charge in [-0.05, 0) is 24.7 Å². The summed E-state index contributed by atoms with van der Waals surface area (Å²) in [6, 6.07) is 5.07. The van der Waals surface area contributed by atoms with Crippen molar-refractivity contribution in [3.63, 3.8) is 0 Å². The molecule has 1 aromatic carbocycles. The second-order valence-corrected chi connectivity index (χ2v) is 4.47. The molecule has 1 N–H and O–H groups in total. The number of hydrogen-bond acceptors (Lipinski definition) is 3. The van der Waals surface area contributed by atoms with E-state index < -0.39 is 11.7 Å². The van der Waals surface area contributed by atoms with Crippen LogP contribution in [0.3, 0.4) is 0 Å². The van der Waals surface area contributed by atoms with E-state index in [1.807, 2.05) is 0 Å². The minimum atomic E-state index is -4.33. The molecule has 2 aromatic rings. The highest BCUT2D eigenvalue weighted by Crippen LogP contribution is 2.31. The first kappa shape index (κ1) is 14.5. The number of nitrogens with one attached hydrogen (secondary N) is 1. The Bertz CT molecular complexity index is 577. The van der Waals surface area contributed by atoms with Crippen LogP contribution in [0.4, 0.5) is 13.2 Å². The van der Waals surface area contributed by atoms with Crippen LogP contribution in [0, 0.1) is 0 Å². The Morgan fingerprint density at radius 2 is 2.10 bits per heavy atom. The number of nitrogens with zero attached hydrogens (tertiary/aromatic N) is 3. The molecule has 20 heavy (non-hydrogen) atoms. The van der Waals surface area contributed by atoms with E-state index in [0.717, 1.165) is 12.1 Å². The van der Waals surface area contributed by atoms with Gasteiger partial charge in [0.15, 0.2) is 0 Å². The van der Waals surface area contributed by atoms with Crippen molar-refractivity contribution in [3.8, 4) is 0 Å². The molecule has 0 spiro atoms. The fourth-order valence-corrected chi connectivity index (χ4v) is 2.01. The van der Waals surface area contributed by atoms with Crippen LogP contribution in [0.15, 0.2) is 30.6 Å². The lowest BCUT2D eigenvalue weighted by Gasteiger charge is -2.17. The van der Waals surface area contributed by atoms with Crippen LogP contribution in [0.2, 0.25) is 0 Å². The van der Waals surface area contributed by atoms with Crippen molar-refractivity contribution in [3.05, 3.63) is 47.5 Å². The summed E-state index contributed by atoms with van der Waals surface area (Å²) in [4.78, 5) is 4.09.